The van der Waals surface area contributed by atoms with Crippen molar-refractivity contribution >= 4 is 29.1 Å². The van der Waals surface area contributed by atoms with Crippen LogP contribution in [0.25, 0.3) is 11.3 Å². The van der Waals surface area contributed by atoms with E-state index in [1.807, 2.05) is 35.9 Å². The molecule has 3 aliphatic rings. The van der Waals surface area contributed by atoms with Crippen molar-refractivity contribution in [1.29, 1.82) is 0 Å². The lowest BCUT2D eigenvalue weighted by atomic mass is 9.84. The van der Waals surface area contributed by atoms with Crippen LogP contribution >= 0.6 is 23.2 Å². The summed E-state index contributed by atoms with van der Waals surface area (Å²) in [6.45, 7) is 3.31. The Kier molecular flexibility index (Phi) is 4.52. The number of hydrogen-bond donors (Lipinski definition) is 1. The molecule has 2 bridgehead atoms. The average Bonchev–Trinajstić information content (AvgIpc) is 3.00. The Bertz CT molecular complexity index is 809. The molecule has 1 aromatic heterocycles. The van der Waals surface area contributed by atoms with Crippen LogP contribution < -0.4 is 5.32 Å². The fourth-order valence-corrected chi connectivity index (χ4v) is 4.35. The van der Waals surface area contributed by atoms with E-state index in [9.17, 15) is 4.79 Å². The maximum atomic E-state index is 12.8. The van der Waals surface area contributed by atoms with E-state index in [4.69, 9.17) is 23.2 Å². The van der Waals surface area contributed by atoms with Crippen LogP contribution in [0.5, 0.6) is 0 Å². The number of aromatic nitrogens is 1. The van der Waals surface area contributed by atoms with Crippen LogP contribution in [0.2, 0.25) is 10.0 Å². The van der Waals surface area contributed by atoms with Gasteiger partial charge in [-0.3, -0.25) is 4.79 Å². The van der Waals surface area contributed by atoms with Gasteiger partial charge in [-0.25, -0.2) is 0 Å². The molecule has 4 nitrogen and oxygen atoms in total. The number of amides is 1. The van der Waals surface area contributed by atoms with Gasteiger partial charge in [-0.2, -0.15) is 0 Å². The van der Waals surface area contributed by atoms with Gasteiger partial charge in [-0.05, 0) is 61.7 Å². The summed E-state index contributed by atoms with van der Waals surface area (Å²) in [5.74, 6) is 0.608. The highest BCUT2D eigenvalue weighted by Gasteiger charge is 2.35. The standard InChI is InChI=1S/C19H21Cl2N3O/c1-23-17(13-2-3-14(20)15(21)10-13)4-5-18(23)19(25)22-16-11-24-8-6-12(16)7-9-24/h2-5,10,12,16H,6-9,11H2,1H3,(H,22,25)/t16-/m0/s1. The average molecular weight is 378 g/mol. The second kappa shape index (κ2) is 6.67. The molecule has 0 unspecified atom stereocenters. The van der Waals surface area contributed by atoms with Crippen LogP contribution in [0.1, 0.15) is 23.3 Å². The number of piperidine rings is 3. The zero-order valence-electron chi connectivity index (χ0n) is 14.1. The summed E-state index contributed by atoms with van der Waals surface area (Å²) in [7, 11) is 1.91. The minimum absolute atomic E-state index is 0.00689. The molecule has 1 aromatic carbocycles. The summed E-state index contributed by atoms with van der Waals surface area (Å²) in [6.07, 6.45) is 2.37. The molecule has 3 aliphatic heterocycles. The normalized spacial score (nSPS) is 25.2. The van der Waals surface area contributed by atoms with E-state index < -0.39 is 0 Å². The van der Waals surface area contributed by atoms with Gasteiger partial charge in [-0.15, -0.1) is 0 Å². The van der Waals surface area contributed by atoms with Gasteiger partial charge in [0.05, 0.1) is 10.0 Å². The predicted molar refractivity (Wildman–Crippen MR) is 101 cm³/mol. The lowest BCUT2D eigenvalue weighted by Gasteiger charge is -2.44. The second-order valence-electron chi connectivity index (χ2n) is 7.01. The molecule has 0 aliphatic carbocycles. The van der Waals surface area contributed by atoms with E-state index in [2.05, 4.69) is 10.2 Å². The Balaban J connectivity index is 1.54. The van der Waals surface area contributed by atoms with E-state index in [-0.39, 0.29) is 11.9 Å². The number of carbonyl (C=O) groups excluding carboxylic acids is 1. The molecule has 25 heavy (non-hydrogen) atoms. The molecule has 0 radical (unpaired) electrons. The van der Waals surface area contributed by atoms with Gasteiger partial charge in [-0.1, -0.05) is 29.3 Å². The Morgan fingerprint density at radius 2 is 1.88 bits per heavy atom. The Morgan fingerprint density at radius 1 is 1.12 bits per heavy atom. The maximum absolute atomic E-state index is 12.8. The highest BCUT2D eigenvalue weighted by Crippen LogP contribution is 2.30. The van der Waals surface area contributed by atoms with E-state index in [1.165, 1.54) is 25.9 Å². The van der Waals surface area contributed by atoms with Crippen LogP contribution in [-0.4, -0.2) is 41.1 Å². The molecule has 3 saturated heterocycles. The first-order valence-corrected chi connectivity index (χ1v) is 9.43. The van der Waals surface area contributed by atoms with Gasteiger partial charge in [0.2, 0.25) is 0 Å². The van der Waals surface area contributed by atoms with E-state index in [1.54, 1.807) is 6.07 Å². The number of rotatable bonds is 3. The van der Waals surface area contributed by atoms with Crippen molar-refractivity contribution in [3.05, 3.63) is 46.1 Å². The zero-order chi connectivity index (χ0) is 17.6. The van der Waals surface area contributed by atoms with Crippen LogP contribution in [-0.2, 0) is 7.05 Å². The number of fused-ring (bicyclic) bond motifs is 3. The fraction of sp³-hybridized carbons (Fsp3) is 0.421. The molecular weight excluding hydrogens is 357 g/mol. The lowest BCUT2D eigenvalue weighted by Crippen LogP contribution is -2.57. The van der Waals surface area contributed by atoms with Crippen LogP contribution in [0, 0.1) is 5.92 Å². The monoisotopic (exact) mass is 377 g/mol. The van der Waals surface area contributed by atoms with Gasteiger partial charge in [0.1, 0.15) is 5.69 Å². The molecular formula is C19H21Cl2N3O. The first-order chi connectivity index (χ1) is 12.0. The van der Waals surface area contributed by atoms with Crippen molar-refractivity contribution in [2.75, 3.05) is 19.6 Å². The Hall–Kier alpha value is -1.49. The number of nitrogens with zero attached hydrogens (tertiary/aromatic N) is 2. The van der Waals surface area contributed by atoms with Gasteiger partial charge in [0.25, 0.3) is 5.91 Å². The largest absolute Gasteiger partial charge is 0.346 e. The SMILES string of the molecule is Cn1c(C(=O)N[C@H]2CN3CCC2CC3)ccc1-c1ccc(Cl)c(Cl)c1. The quantitative estimate of drug-likeness (QED) is 0.882. The van der Waals surface area contributed by atoms with Crippen molar-refractivity contribution in [3.8, 4) is 11.3 Å². The summed E-state index contributed by atoms with van der Waals surface area (Å²) in [6, 6.07) is 9.60. The summed E-state index contributed by atoms with van der Waals surface area (Å²) < 4.78 is 1.91. The maximum Gasteiger partial charge on any atom is 0.268 e. The number of nitrogens with one attached hydrogen (secondary N) is 1. The topological polar surface area (TPSA) is 37.3 Å². The molecule has 6 heteroatoms. The van der Waals surface area contributed by atoms with Gasteiger partial charge in [0, 0.05) is 25.3 Å². The Labute approximate surface area is 157 Å². The molecule has 4 heterocycles. The third kappa shape index (κ3) is 3.19. The number of benzene rings is 1. The molecule has 132 valence electrons. The molecule has 0 saturated carbocycles. The van der Waals surface area contributed by atoms with Crippen molar-refractivity contribution in [2.24, 2.45) is 13.0 Å². The third-order valence-corrected chi connectivity index (χ3v) is 6.28. The van der Waals surface area contributed by atoms with Gasteiger partial charge < -0.3 is 14.8 Å². The van der Waals surface area contributed by atoms with E-state index >= 15 is 0 Å². The number of carbonyl (C=O) groups is 1. The first kappa shape index (κ1) is 17.0. The highest BCUT2D eigenvalue weighted by atomic mass is 35.5. The third-order valence-electron chi connectivity index (χ3n) is 5.54. The van der Waals surface area contributed by atoms with Crippen LogP contribution in [0.4, 0.5) is 0 Å². The van der Waals surface area contributed by atoms with E-state index in [0.29, 0.717) is 21.7 Å². The second-order valence-corrected chi connectivity index (χ2v) is 7.82. The number of hydrogen-bond acceptors (Lipinski definition) is 2. The van der Waals surface area contributed by atoms with Crippen molar-refractivity contribution in [2.45, 2.75) is 18.9 Å². The van der Waals surface area contributed by atoms with Gasteiger partial charge in [0.15, 0.2) is 0 Å². The number of halogens is 2. The van der Waals surface area contributed by atoms with Gasteiger partial charge >= 0.3 is 0 Å². The smallest absolute Gasteiger partial charge is 0.268 e. The predicted octanol–water partition coefficient (Wildman–Crippen LogP) is 3.82. The molecule has 0 spiro atoms. The van der Waals surface area contributed by atoms with E-state index in [0.717, 1.165) is 17.8 Å². The van der Waals surface area contributed by atoms with Crippen LogP contribution in [0.3, 0.4) is 0 Å². The summed E-state index contributed by atoms with van der Waals surface area (Å²) in [4.78, 5) is 15.2. The Morgan fingerprint density at radius 3 is 2.52 bits per heavy atom. The van der Waals surface area contributed by atoms with Crippen molar-refractivity contribution in [3.63, 3.8) is 0 Å². The summed E-state index contributed by atoms with van der Waals surface area (Å²) in [5, 5.41) is 4.28. The van der Waals surface area contributed by atoms with Crippen LogP contribution in [0.15, 0.2) is 30.3 Å². The molecule has 1 N–H and O–H groups in total. The van der Waals surface area contributed by atoms with Crippen molar-refractivity contribution < 1.29 is 4.79 Å². The lowest BCUT2D eigenvalue weighted by molar-refractivity contribution is 0.0616. The van der Waals surface area contributed by atoms with Crippen molar-refractivity contribution in [1.82, 2.24) is 14.8 Å². The first-order valence-electron chi connectivity index (χ1n) is 8.67. The molecule has 5 rings (SSSR count). The highest BCUT2D eigenvalue weighted by molar-refractivity contribution is 6.42. The molecule has 1 atom stereocenters. The minimum atomic E-state index is -0.00689. The zero-order valence-corrected chi connectivity index (χ0v) is 15.6. The molecule has 3 fully saturated rings. The summed E-state index contributed by atoms with van der Waals surface area (Å²) in [5.41, 5.74) is 2.55. The molecule has 2 aromatic rings. The minimum Gasteiger partial charge on any atom is -0.346 e. The fourth-order valence-electron chi connectivity index (χ4n) is 4.06. The summed E-state index contributed by atoms with van der Waals surface area (Å²) >= 11 is 12.1. The molecule has 1 amide bonds.